The van der Waals surface area contributed by atoms with E-state index in [9.17, 15) is 10.1 Å². The fourth-order valence-corrected chi connectivity index (χ4v) is 1.36. The lowest BCUT2D eigenvalue weighted by molar-refractivity contribution is -0.384. The molecule has 0 saturated heterocycles. The maximum absolute atomic E-state index is 10.8. The Labute approximate surface area is 82.1 Å². The van der Waals surface area contributed by atoms with E-state index in [1.165, 1.54) is 0 Å². The van der Waals surface area contributed by atoms with Crippen LogP contribution in [0, 0.1) is 17.0 Å². The van der Waals surface area contributed by atoms with E-state index < -0.39 is 4.92 Å². The first-order valence-electron chi connectivity index (χ1n) is 4.57. The highest BCUT2D eigenvalue weighted by molar-refractivity contribution is 5.59. The molecule has 0 radical (unpaired) electrons. The molecule has 0 bridgehead atoms. The minimum atomic E-state index is -0.396. The fraction of sp³-hybridized carbons (Fsp3) is 0.625. The van der Waals surface area contributed by atoms with Gasteiger partial charge in [0.15, 0.2) is 0 Å². The second-order valence-corrected chi connectivity index (χ2v) is 2.89. The monoisotopic (exact) mass is 198 g/mol. The summed E-state index contributed by atoms with van der Waals surface area (Å²) in [5.41, 5.74) is 0.529. The maximum Gasteiger partial charge on any atom is 0.333 e. The average molecular weight is 198 g/mol. The van der Waals surface area contributed by atoms with E-state index in [-0.39, 0.29) is 5.69 Å². The number of aromatic nitrogens is 2. The lowest BCUT2D eigenvalue weighted by Crippen LogP contribution is -2.07. The Morgan fingerprint density at radius 3 is 2.64 bits per heavy atom. The van der Waals surface area contributed by atoms with E-state index in [2.05, 4.69) is 10.4 Å². The third-order valence-electron chi connectivity index (χ3n) is 1.92. The van der Waals surface area contributed by atoms with Crippen LogP contribution in [0.4, 0.5) is 11.5 Å². The molecule has 6 nitrogen and oxygen atoms in total. The Morgan fingerprint density at radius 1 is 1.57 bits per heavy atom. The van der Waals surface area contributed by atoms with Gasteiger partial charge in [0.1, 0.15) is 5.69 Å². The zero-order valence-corrected chi connectivity index (χ0v) is 8.57. The summed E-state index contributed by atoms with van der Waals surface area (Å²) in [6.07, 6.45) is 0. The van der Waals surface area contributed by atoms with Crippen molar-refractivity contribution in [3.8, 4) is 0 Å². The van der Waals surface area contributed by atoms with Crippen LogP contribution in [0.1, 0.15) is 19.5 Å². The predicted molar refractivity (Wildman–Crippen MR) is 53.5 cm³/mol. The number of nitrogens with zero attached hydrogens (tertiary/aromatic N) is 3. The van der Waals surface area contributed by atoms with Crippen LogP contribution in [0.2, 0.25) is 0 Å². The van der Waals surface area contributed by atoms with Crippen LogP contribution in [0.3, 0.4) is 0 Å². The first-order valence-corrected chi connectivity index (χ1v) is 4.57. The molecule has 1 heterocycles. The van der Waals surface area contributed by atoms with Gasteiger partial charge in [-0.1, -0.05) is 0 Å². The lowest BCUT2D eigenvalue weighted by Gasteiger charge is -2.03. The first-order chi connectivity index (χ1) is 6.61. The summed E-state index contributed by atoms with van der Waals surface area (Å²) in [7, 11) is 0. The quantitative estimate of drug-likeness (QED) is 0.588. The van der Waals surface area contributed by atoms with Gasteiger partial charge in [0.2, 0.25) is 5.82 Å². The lowest BCUT2D eigenvalue weighted by atomic mass is 10.4. The molecule has 0 amide bonds. The first kappa shape index (κ1) is 10.5. The van der Waals surface area contributed by atoms with Gasteiger partial charge in [-0.2, -0.15) is 5.10 Å². The molecule has 0 atom stereocenters. The topological polar surface area (TPSA) is 73.0 Å². The van der Waals surface area contributed by atoms with E-state index in [4.69, 9.17) is 0 Å². The Kier molecular flexibility index (Phi) is 3.06. The zero-order chi connectivity index (χ0) is 10.7. The van der Waals surface area contributed by atoms with E-state index >= 15 is 0 Å². The molecule has 0 aromatic carbocycles. The largest absolute Gasteiger partial charge is 0.365 e. The highest BCUT2D eigenvalue weighted by atomic mass is 16.6. The van der Waals surface area contributed by atoms with Crippen molar-refractivity contribution in [2.75, 3.05) is 11.9 Å². The molecule has 0 aliphatic heterocycles. The average Bonchev–Trinajstić information content (AvgIpc) is 2.43. The van der Waals surface area contributed by atoms with Gasteiger partial charge in [0.25, 0.3) is 0 Å². The number of rotatable bonds is 4. The fourth-order valence-electron chi connectivity index (χ4n) is 1.36. The van der Waals surface area contributed by atoms with Crippen molar-refractivity contribution in [1.82, 2.24) is 9.78 Å². The molecule has 0 fully saturated rings. The Balaban J connectivity index is 3.23. The van der Waals surface area contributed by atoms with Crippen molar-refractivity contribution in [2.45, 2.75) is 27.3 Å². The number of nitrogens with one attached hydrogen (secondary N) is 1. The molecule has 14 heavy (non-hydrogen) atoms. The summed E-state index contributed by atoms with van der Waals surface area (Å²) in [5.74, 6) is 0.498. The summed E-state index contributed by atoms with van der Waals surface area (Å²) in [5, 5.41) is 17.8. The Bertz CT molecular complexity index is 345. The molecule has 6 heteroatoms. The number of aryl methyl sites for hydroxylation is 2. The molecule has 78 valence electrons. The minimum Gasteiger partial charge on any atom is -0.365 e. The normalized spacial score (nSPS) is 10.2. The summed E-state index contributed by atoms with van der Waals surface area (Å²) in [6, 6.07) is 0. The molecular formula is C8H14N4O2. The van der Waals surface area contributed by atoms with Gasteiger partial charge >= 0.3 is 5.69 Å². The summed E-state index contributed by atoms with van der Waals surface area (Å²) >= 11 is 0. The molecule has 0 unspecified atom stereocenters. The highest BCUT2D eigenvalue weighted by Gasteiger charge is 2.23. The van der Waals surface area contributed by atoms with E-state index in [0.717, 1.165) is 0 Å². The minimum absolute atomic E-state index is 0.0775. The second-order valence-electron chi connectivity index (χ2n) is 2.89. The van der Waals surface area contributed by atoms with Crippen LogP contribution >= 0.6 is 0 Å². The van der Waals surface area contributed by atoms with Gasteiger partial charge < -0.3 is 5.32 Å². The SMILES string of the molecule is CCNc1c([N+](=O)[O-])c(C)nn1CC. The summed E-state index contributed by atoms with van der Waals surface area (Å²) in [4.78, 5) is 10.4. The van der Waals surface area contributed by atoms with E-state index in [0.29, 0.717) is 24.6 Å². The van der Waals surface area contributed by atoms with Gasteiger partial charge in [-0.15, -0.1) is 0 Å². The van der Waals surface area contributed by atoms with E-state index in [1.54, 1.807) is 11.6 Å². The van der Waals surface area contributed by atoms with Gasteiger partial charge in [-0.25, -0.2) is 4.68 Å². The van der Waals surface area contributed by atoms with Crippen LogP contribution in [0.5, 0.6) is 0 Å². The standard InChI is InChI=1S/C8H14N4O2/c1-4-9-8-7(12(13)14)6(3)10-11(8)5-2/h9H,4-5H2,1-3H3. The van der Waals surface area contributed by atoms with Crippen molar-refractivity contribution in [3.05, 3.63) is 15.8 Å². The molecule has 1 N–H and O–H groups in total. The molecule has 0 aliphatic rings. The van der Waals surface area contributed by atoms with Gasteiger partial charge in [-0.3, -0.25) is 10.1 Å². The highest BCUT2D eigenvalue weighted by Crippen LogP contribution is 2.27. The molecular weight excluding hydrogens is 184 g/mol. The number of anilines is 1. The van der Waals surface area contributed by atoms with Crippen molar-refractivity contribution in [2.24, 2.45) is 0 Å². The van der Waals surface area contributed by atoms with Crippen molar-refractivity contribution in [3.63, 3.8) is 0 Å². The number of hydrogen-bond acceptors (Lipinski definition) is 4. The van der Waals surface area contributed by atoms with E-state index in [1.807, 2.05) is 13.8 Å². The van der Waals surface area contributed by atoms with Crippen molar-refractivity contribution < 1.29 is 4.92 Å². The van der Waals surface area contributed by atoms with Crippen LogP contribution in [0.15, 0.2) is 0 Å². The van der Waals surface area contributed by atoms with Gasteiger partial charge in [0.05, 0.1) is 4.92 Å². The van der Waals surface area contributed by atoms with Crippen molar-refractivity contribution >= 4 is 11.5 Å². The van der Waals surface area contributed by atoms with Crippen LogP contribution < -0.4 is 5.32 Å². The third-order valence-corrected chi connectivity index (χ3v) is 1.92. The number of hydrogen-bond donors (Lipinski definition) is 1. The van der Waals surface area contributed by atoms with Gasteiger partial charge in [-0.05, 0) is 20.8 Å². The molecule has 0 saturated carbocycles. The Morgan fingerprint density at radius 2 is 2.21 bits per heavy atom. The molecule has 1 aromatic heterocycles. The summed E-state index contributed by atoms with van der Waals surface area (Å²) in [6.45, 7) is 6.71. The zero-order valence-electron chi connectivity index (χ0n) is 8.57. The Hall–Kier alpha value is -1.59. The van der Waals surface area contributed by atoms with Gasteiger partial charge in [0, 0.05) is 13.1 Å². The molecule has 1 rings (SSSR count). The predicted octanol–water partition coefficient (Wildman–Crippen LogP) is 1.55. The summed E-state index contributed by atoms with van der Waals surface area (Å²) < 4.78 is 1.61. The number of nitro groups is 1. The molecule has 0 spiro atoms. The maximum atomic E-state index is 10.8. The molecule has 1 aromatic rings. The van der Waals surface area contributed by atoms with Crippen molar-refractivity contribution in [1.29, 1.82) is 0 Å². The third kappa shape index (κ3) is 1.68. The second kappa shape index (κ2) is 4.08. The van der Waals surface area contributed by atoms with Crippen LogP contribution in [-0.4, -0.2) is 21.2 Å². The smallest absolute Gasteiger partial charge is 0.333 e. The molecule has 0 aliphatic carbocycles. The van der Waals surface area contributed by atoms with Crippen LogP contribution in [-0.2, 0) is 6.54 Å². The van der Waals surface area contributed by atoms with Crippen LogP contribution in [0.25, 0.3) is 0 Å².